The maximum atomic E-state index is 11.5. The summed E-state index contributed by atoms with van der Waals surface area (Å²) >= 11 is 0.902. The van der Waals surface area contributed by atoms with Gasteiger partial charge in [-0.1, -0.05) is 47.7 Å². The van der Waals surface area contributed by atoms with E-state index in [1.807, 2.05) is 31.2 Å². The number of hydrogen-bond donors (Lipinski definition) is 1. The van der Waals surface area contributed by atoms with Crippen LogP contribution in [0.5, 0.6) is 0 Å². The maximum absolute atomic E-state index is 11.5. The molecule has 0 spiro atoms. The van der Waals surface area contributed by atoms with Crippen LogP contribution < -0.4 is 0 Å². The summed E-state index contributed by atoms with van der Waals surface area (Å²) in [6.45, 7) is 3.25. The van der Waals surface area contributed by atoms with Gasteiger partial charge in [0.2, 0.25) is 5.12 Å². The standard InChI is InChI=1S/C15H16O3S/c1-10-4-6-12(7-5-10)8-9-13(17)14(11(2)16)15(18)19-3/h4-9,17H,1-3H3/b9-8+,14-13+. The van der Waals surface area contributed by atoms with Gasteiger partial charge in [0.15, 0.2) is 5.78 Å². The Morgan fingerprint density at radius 1 is 1.21 bits per heavy atom. The number of aliphatic hydroxyl groups is 1. The fourth-order valence-electron chi connectivity index (χ4n) is 1.47. The van der Waals surface area contributed by atoms with Crippen molar-refractivity contribution in [2.45, 2.75) is 13.8 Å². The molecule has 0 aliphatic carbocycles. The van der Waals surface area contributed by atoms with Gasteiger partial charge in [0.05, 0.1) is 0 Å². The Labute approximate surface area is 117 Å². The maximum Gasteiger partial charge on any atom is 0.226 e. The average Bonchev–Trinajstić information content (AvgIpc) is 2.37. The summed E-state index contributed by atoms with van der Waals surface area (Å²) in [6.07, 6.45) is 4.60. The number of benzene rings is 1. The van der Waals surface area contributed by atoms with Gasteiger partial charge >= 0.3 is 0 Å². The number of rotatable bonds is 4. The summed E-state index contributed by atoms with van der Waals surface area (Å²) in [5, 5.41) is 9.40. The van der Waals surface area contributed by atoms with Crippen LogP contribution >= 0.6 is 11.8 Å². The molecule has 1 aromatic rings. The third-order valence-electron chi connectivity index (χ3n) is 2.51. The Bertz CT molecular complexity index is 539. The molecule has 0 heterocycles. The lowest BCUT2D eigenvalue weighted by Crippen LogP contribution is -2.09. The number of allylic oxidation sites excluding steroid dienone is 1. The minimum absolute atomic E-state index is 0.170. The van der Waals surface area contributed by atoms with E-state index >= 15 is 0 Å². The fourth-order valence-corrected chi connectivity index (χ4v) is 1.92. The molecule has 1 aromatic carbocycles. The Hall–Kier alpha value is -1.81. The van der Waals surface area contributed by atoms with Gasteiger partial charge in [-0.2, -0.15) is 0 Å². The Balaban J connectivity index is 3.03. The number of aliphatic hydroxyl groups excluding tert-OH is 1. The van der Waals surface area contributed by atoms with E-state index in [1.54, 1.807) is 12.3 Å². The van der Waals surface area contributed by atoms with Crippen LogP contribution in [0.15, 0.2) is 41.7 Å². The lowest BCUT2D eigenvalue weighted by Gasteiger charge is -2.02. The van der Waals surface area contributed by atoms with E-state index in [4.69, 9.17) is 0 Å². The van der Waals surface area contributed by atoms with Crippen LogP contribution in [0.4, 0.5) is 0 Å². The van der Waals surface area contributed by atoms with Crippen molar-refractivity contribution in [2.75, 3.05) is 6.26 Å². The van der Waals surface area contributed by atoms with Crippen molar-refractivity contribution in [3.8, 4) is 0 Å². The number of carbonyl (C=O) groups excluding carboxylic acids is 2. The summed E-state index contributed by atoms with van der Waals surface area (Å²) in [7, 11) is 0. The predicted molar refractivity (Wildman–Crippen MR) is 79.1 cm³/mol. The summed E-state index contributed by atoms with van der Waals surface area (Å²) in [5.74, 6) is -0.738. The summed E-state index contributed by atoms with van der Waals surface area (Å²) in [5.41, 5.74) is 1.85. The zero-order valence-electron chi connectivity index (χ0n) is 11.1. The first-order chi connectivity index (χ1) is 8.95. The molecule has 0 atom stereocenters. The van der Waals surface area contributed by atoms with Gasteiger partial charge in [-0.3, -0.25) is 9.59 Å². The summed E-state index contributed by atoms with van der Waals surface area (Å²) in [4.78, 5) is 22.9. The number of hydrogen-bond acceptors (Lipinski definition) is 4. The molecule has 0 amide bonds. The second-order valence-corrected chi connectivity index (χ2v) is 4.83. The SMILES string of the molecule is CSC(=O)/C(C(C)=O)=C(O)\C=C\c1ccc(C)cc1. The predicted octanol–water partition coefficient (Wildman–Crippen LogP) is 3.30. The zero-order chi connectivity index (χ0) is 14.4. The van der Waals surface area contributed by atoms with Gasteiger partial charge in [0, 0.05) is 0 Å². The van der Waals surface area contributed by atoms with Crippen LogP contribution in [0.25, 0.3) is 6.08 Å². The highest BCUT2D eigenvalue weighted by atomic mass is 32.2. The van der Waals surface area contributed by atoms with Crippen molar-refractivity contribution >= 4 is 28.7 Å². The molecule has 0 saturated carbocycles. The van der Waals surface area contributed by atoms with E-state index in [0.717, 1.165) is 22.9 Å². The third kappa shape index (κ3) is 4.41. The Kier molecular flexibility index (Phi) is 5.57. The Morgan fingerprint density at radius 2 is 1.79 bits per heavy atom. The molecule has 0 aromatic heterocycles. The van der Waals surface area contributed by atoms with E-state index in [-0.39, 0.29) is 11.3 Å². The quantitative estimate of drug-likeness (QED) is 0.301. The molecule has 0 radical (unpaired) electrons. The van der Waals surface area contributed by atoms with Crippen LogP contribution in [0.3, 0.4) is 0 Å². The highest BCUT2D eigenvalue weighted by Gasteiger charge is 2.17. The van der Waals surface area contributed by atoms with E-state index in [1.165, 1.54) is 13.0 Å². The Morgan fingerprint density at radius 3 is 2.26 bits per heavy atom. The second kappa shape index (κ2) is 6.95. The molecular formula is C15H16O3S. The number of Topliss-reactive ketones (excluding diaryl/α,β-unsaturated/α-hetero) is 1. The van der Waals surface area contributed by atoms with Gasteiger partial charge in [-0.15, -0.1) is 0 Å². The van der Waals surface area contributed by atoms with Crippen molar-refractivity contribution in [1.29, 1.82) is 0 Å². The van der Waals surface area contributed by atoms with Gasteiger partial charge < -0.3 is 5.11 Å². The first kappa shape index (κ1) is 15.2. The number of ketones is 1. The lowest BCUT2D eigenvalue weighted by atomic mass is 10.1. The van der Waals surface area contributed by atoms with Crippen molar-refractivity contribution < 1.29 is 14.7 Å². The van der Waals surface area contributed by atoms with Gasteiger partial charge in [0.25, 0.3) is 0 Å². The van der Waals surface area contributed by atoms with E-state index in [0.29, 0.717) is 0 Å². The number of thioether (sulfide) groups is 1. The minimum atomic E-state index is -0.439. The number of carbonyl (C=O) groups is 2. The van der Waals surface area contributed by atoms with Crippen LogP contribution in [-0.4, -0.2) is 22.3 Å². The van der Waals surface area contributed by atoms with Crippen molar-refractivity contribution in [3.63, 3.8) is 0 Å². The van der Waals surface area contributed by atoms with Crippen LogP contribution in [0, 0.1) is 6.92 Å². The monoisotopic (exact) mass is 276 g/mol. The molecule has 1 N–H and O–H groups in total. The van der Waals surface area contributed by atoms with Crippen LogP contribution in [0.1, 0.15) is 18.1 Å². The molecule has 100 valence electrons. The molecule has 0 aliphatic heterocycles. The average molecular weight is 276 g/mol. The zero-order valence-corrected chi connectivity index (χ0v) is 12.0. The molecule has 0 saturated heterocycles. The fraction of sp³-hybridized carbons (Fsp3) is 0.200. The van der Waals surface area contributed by atoms with Crippen molar-refractivity contribution in [3.05, 3.63) is 52.8 Å². The highest BCUT2D eigenvalue weighted by Crippen LogP contribution is 2.14. The molecule has 1 rings (SSSR count). The molecule has 0 aliphatic rings. The second-order valence-electron chi connectivity index (χ2n) is 4.05. The normalized spacial score (nSPS) is 12.4. The van der Waals surface area contributed by atoms with Crippen molar-refractivity contribution in [1.82, 2.24) is 0 Å². The van der Waals surface area contributed by atoms with Crippen molar-refractivity contribution in [2.24, 2.45) is 0 Å². The highest BCUT2D eigenvalue weighted by molar-refractivity contribution is 8.13. The summed E-state index contributed by atoms with van der Waals surface area (Å²) in [6, 6.07) is 7.67. The molecule has 4 heteroatoms. The molecule has 0 fully saturated rings. The van der Waals surface area contributed by atoms with E-state index in [2.05, 4.69) is 0 Å². The molecule has 3 nitrogen and oxygen atoms in total. The first-order valence-electron chi connectivity index (χ1n) is 5.73. The molecular weight excluding hydrogens is 260 g/mol. The first-order valence-corrected chi connectivity index (χ1v) is 6.95. The van der Waals surface area contributed by atoms with E-state index in [9.17, 15) is 14.7 Å². The topological polar surface area (TPSA) is 54.4 Å². The van der Waals surface area contributed by atoms with Gasteiger partial charge in [-0.05, 0) is 31.7 Å². The van der Waals surface area contributed by atoms with E-state index < -0.39 is 10.9 Å². The van der Waals surface area contributed by atoms with Crippen LogP contribution in [-0.2, 0) is 9.59 Å². The molecule has 0 bridgehead atoms. The van der Waals surface area contributed by atoms with Crippen LogP contribution in [0.2, 0.25) is 0 Å². The molecule has 19 heavy (non-hydrogen) atoms. The lowest BCUT2D eigenvalue weighted by molar-refractivity contribution is -0.117. The minimum Gasteiger partial charge on any atom is -0.507 e. The van der Waals surface area contributed by atoms with Gasteiger partial charge in [0.1, 0.15) is 11.3 Å². The number of aryl methyl sites for hydroxylation is 1. The smallest absolute Gasteiger partial charge is 0.226 e. The molecule has 0 unspecified atom stereocenters. The third-order valence-corrected chi connectivity index (χ3v) is 3.08. The summed E-state index contributed by atoms with van der Waals surface area (Å²) < 4.78 is 0. The largest absolute Gasteiger partial charge is 0.507 e. The van der Waals surface area contributed by atoms with Gasteiger partial charge in [-0.25, -0.2) is 0 Å².